The number of ether oxygens (including phenoxy) is 2. The summed E-state index contributed by atoms with van der Waals surface area (Å²) >= 11 is 0. The Morgan fingerprint density at radius 1 is 1.33 bits per heavy atom. The van der Waals surface area contributed by atoms with Crippen molar-refractivity contribution in [3.63, 3.8) is 0 Å². The highest BCUT2D eigenvalue weighted by Crippen LogP contribution is 2.33. The zero-order chi connectivity index (χ0) is 16.0. The molecule has 0 saturated carbocycles. The Labute approximate surface area is 125 Å². The van der Waals surface area contributed by atoms with E-state index < -0.39 is 36.1 Å². The van der Waals surface area contributed by atoms with Crippen molar-refractivity contribution in [1.82, 2.24) is 0 Å². The van der Waals surface area contributed by atoms with E-state index in [1.165, 1.54) is 7.11 Å². The van der Waals surface area contributed by atoms with Crippen LogP contribution in [-0.2, 0) is 13.8 Å². The molecule has 0 heterocycles. The first kappa shape index (κ1) is 17.6. The molecule has 0 N–H and O–H groups in total. The van der Waals surface area contributed by atoms with Gasteiger partial charge >= 0.3 is 0 Å². The van der Waals surface area contributed by atoms with Crippen molar-refractivity contribution in [2.45, 2.75) is 17.7 Å². The largest absolute Gasteiger partial charge is 0.489 e. The molecule has 118 valence electrons. The maximum Gasteiger partial charge on any atom is 0.273 e. The number of hydrogen-bond donors (Lipinski definition) is 0. The molecule has 0 unspecified atom stereocenters. The van der Waals surface area contributed by atoms with Gasteiger partial charge in [-0.15, -0.1) is 0 Å². The molecular weight excluding hydrogens is 329 g/mol. The summed E-state index contributed by atoms with van der Waals surface area (Å²) < 4.78 is 46.5. The number of nitro groups is 1. The lowest BCUT2D eigenvalue weighted by Crippen LogP contribution is -2.06. The van der Waals surface area contributed by atoms with E-state index >= 15 is 0 Å². The molecule has 0 aliphatic heterocycles. The van der Waals surface area contributed by atoms with Gasteiger partial charge in [-0.2, -0.15) is 0 Å². The lowest BCUT2D eigenvalue weighted by Gasteiger charge is -2.10. The van der Waals surface area contributed by atoms with Gasteiger partial charge < -0.3 is 9.47 Å². The standard InChI is InChI=1S/C11H13ClFNO6S/c1-19-4-2-3-5-20-11-9(13)6-8(14(15)16)7-10(11)21(12,17)18/h6-7H,2-5H2,1H3. The fourth-order valence-corrected chi connectivity index (χ4v) is 2.49. The fourth-order valence-electron chi connectivity index (χ4n) is 1.50. The van der Waals surface area contributed by atoms with E-state index in [1.54, 1.807) is 0 Å². The van der Waals surface area contributed by atoms with Crippen molar-refractivity contribution in [3.8, 4) is 5.75 Å². The quantitative estimate of drug-likeness (QED) is 0.312. The summed E-state index contributed by atoms with van der Waals surface area (Å²) in [7, 11) is 2.30. The molecular formula is C11H13ClFNO6S. The highest BCUT2D eigenvalue weighted by molar-refractivity contribution is 8.13. The highest BCUT2D eigenvalue weighted by atomic mass is 35.7. The second kappa shape index (κ2) is 7.53. The number of halogens is 2. The molecule has 7 nitrogen and oxygen atoms in total. The molecule has 0 aliphatic rings. The van der Waals surface area contributed by atoms with Crippen LogP contribution in [0.3, 0.4) is 0 Å². The van der Waals surface area contributed by atoms with Gasteiger partial charge in [-0.05, 0) is 12.8 Å². The van der Waals surface area contributed by atoms with Crippen molar-refractivity contribution < 1.29 is 27.2 Å². The first-order chi connectivity index (χ1) is 9.77. The zero-order valence-electron chi connectivity index (χ0n) is 11.0. The summed E-state index contributed by atoms with van der Waals surface area (Å²) in [6.07, 6.45) is 1.13. The number of benzene rings is 1. The van der Waals surface area contributed by atoms with E-state index in [4.69, 9.17) is 20.2 Å². The average Bonchev–Trinajstić information content (AvgIpc) is 2.38. The fraction of sp³-hybridized carbons (Fsp3) is 0.455. The summed E-state index contributed by atoms with van der Waals surface area (Å²) in [5.74, 6) is -1.77. The van der Waals surface area contributed by atoms with Gasteiger partial charge in [0.1, 0.15) is 4.90 Å². The third kappa shape index (κ3) is 5.10. The van der Waals surface area contributed by atoms with Crippen LogP contribution in [0.25, 0.3) is 0 Å². The molecule has 0 fully saturated rings. The molecule has 0 bridgehead atoms. The van der Waals surface area contributed by atoms with Crippen LogP contribution < -0.4 is 4.74 Å². The SMILES string of the molecule is COCCCCOc1c(F)cc([N+](=O)[O-])cc1S(=O)(=O)Cl. The van der Waals surface area contributed by atoms with Crippen LogP contribution in [-0.4, -0.2) is 33.7 Å². The van der Waals surface area contributed by atoms with Gasteiger partial charge in [0.2, 0.25) is 0 Å². The van der Waals surface area contributed by atoms with Gasteiger partial charge in [-0.1, -0.05) is 0 Å². The van der Waals surface area contributed by atoms with Gasteiger partial charge in [0, 0.05) is 30.5 Å². The van der Waals surface area contributed by atoms with Crippen molar-refractivity contribution in [2.24, 2.45) is 0 Å². The summed E-state index contributed by atoms with van der Waals surface area (Å²) in [6.45, 7) is 0.504. The molecule has 0 atom stereocenters. The Morgan fingerprint density at radius 2 is 1.95 bits per heavy atom. The Morgan fingerprint density at radius 3 is 2.48 bits per heavy atom. The Bertz CT molecular complexity index is 621. The van der Waals surface area contributed by atoms with Crippen LogP contribution in [0.4, 0.5) is 10.1 Å². The molecule has 1 aromatic rings. The average molecular weight is 342 g/mol. The van der Waals surface area contributed by atoms with Gasteiger partial charge in [0.25, 0.3) is 14.7 Å². The summed E-state index contributed by atoms with van der Waals surface area (Å²) in [5, 5.41) is 10.6. The van der Waals surface area contributed by atoms with Gasteiger partial charge in [0.05, 0.1) is 17.6 Å². The van der Waals surface area contributed by atoms with Crippen molar-refractivity contribution >= 4 is 25.4 Å². The normalized spacial score (nSPS) is 11.4. The van der Waals surface area contributed by atoms with Crippen LogP contribution in [0, 0.1) is 15.9 Å². The first-order valence-electron chi connectivity index (χ1n) is 5.81. The topological polar surface area (TPSA) is 95.7 Å². The molecule has 21 heavy (non-hydrogen) atoms. The second-order valence-electron chi connectivity index (χ2n) is 4.00. The number of methoxy groups -OCH3 is 1. The number of nitro benzene ring substituents is 1. The minimum Gasteiger partial charge on any atom is -0.489 e. The van der Waals surface area contributed by atoms with E-state index in [9.17, 15) is 22.9 Å². The van der Waals surface area contributed by atoms with Crippen molar-refractivity contribution in [2.75, 3.05) is 20.3 Å². The third-order valence-electron chi connectivity index (χ3n) is 2.46. The predicted molar refractivity (Wildman–Crippen MR) is 72.7 cm³/mol. The van der Waals surface area contributed by atoms with Crippen LogP contribution in [0.15, 0.2) is 17.0 Å². The molecule has 0 aliphatic carbocycles. The van der Waals surface area contributed by atoms with Crippen LogP contribution in [0.1, 0.15) is 12.8 Å². The number of unbranched alkanes of at least 4 members (excludes halogenated alkanes) is 1. The monoisotopic (exact) mass is 341 g/mol. The zero-order valence-corrected chi connectivity index (χ0v) is 12.6. The third-order valence-corrected chi connectivity index (χ3v) is 3.78. The van der Waals surface area contributed by atoms with Crippen LogP contribution >= 0.6 is 10.7 Å². The van der Waals surface area contributed by atoms with Crippen molar-refractivity contribution in [1.29, 1.82) is 0 Å². The number of hydrogen-bond acceptors (Lipinski definition) is 6. The molecule has 0 spiro atoms. The number of non-ortho nitro benzene ring substituents is 1. The summed E-state index contributed by atoms with van der Waals surface area (Å²) in [5.41, 5.74) is -0.724. The minimum atomic E-state index is -4.38. The molecule has 10 heteroatoms. The van der Waals surface area contributed by atoms with Gasteiger partial charge in [-0.3, -0.25) is 10.1 Å². The van der Waals surface area contributed by atoms with Gasteiger partial charge in [0.15, 0.2) is 11.6 Å². The molecule has 0 amide bonds. The molecule has 0 aromatic heterocycles. The Hall–Kier alpha value is -1.45. The van der Waals surface area contributed by atoms with E-state index in [1.807, 2.05) is 0 Å². The molecule has 0 saturated heterocycles. The van der Waals surface area contributed by atoms with Crippen LogP contribution in [0.2, 0.25) is 0 Å². The number of rotatable bonds is 8. The summed E-state index contributed by atoms with van der Waals surface area (Å²) in [4.78, 5) is 8.94. The lowest BCUT2D eigenvalue weighted by molar-refractivity contribution is -0.385. The Balaban J connectivity index is 3.04. The lowest BCUT2D eigenvalue weighted by atomic mass is 10.3. The van der Waals surface area contributed by atoms with Gasteiger partial charge in [-0.25, -0.2) is 12.8 Å². The predicted octanol–water partition coefficient (Wildman–Crippen LogP) is 2.47. The number of nitrogens with zero attached hydrogens (tertiary/aromatic N) is 1. The molecule has 0 radical (unpaired) electrons. The van der Waals surface area contributed by atoms with Crippen molar-refractivity contribution in [3.05, 3.63) is 28.1 Å². The van der Waals surface area contributed by atoms with E-state index in [2.05, 4.69) is 0 Å². The maximum absolute atomic E-state index is 13.8. The molecule has 1 rings (SSSR count). The smallest absolute Gasteiger partial charge is 0.273 e. The molecule has 1 aromatic carbocycles. The van der Waals surface area contributed by atoms with Crippen LogP contribution in [0.5, 0.6) is 5.75 Å². The maximum atomic E-state index is 13.8. The first-order valence-corrected chi connectivity index (χ1v) is 8.12. The highest BCUT2D eigenvalue weighted by Gasteiger charge is 2.25. The summed E-state index contributed by atoms with van der Waals surface area (Å²) in [6, 6.07) is 1.24. The minimum absolute atomic E-state index is 0.0253. The van der Waals surface area contributed by atoms with E-state index in [0.29, 0.717) is 31.6 Å². The van der Waals surface area contributed by atoms with E-state index in [0.717, 1.165) is 0 Å². The van der Waals surface area contributed by atoms with E-state index in [-0.39, 0.29) is 6.61 Å². The second-order valence-corrected chi connectivity index (χ2v) is 6.53. The Kier molecular flexibility index (Phi) is 6.31.